The summed E-state index contributed by atoms with van der Waals surface area (Å²) in [5.74, 6) is 2.80. The summed E-state index contributed by atoms with van der Waals surface area (Å²) >= 11 is 0. The molecule has 1 aromatic rings. The summed E-state index contributed by atoms with van der Waals surface area (Å²) in [5, 5.41) is 6.70. The molecule has 0 saturated heterocycles. The summed E-state index contributed by atoms with van der Waals surface area (Å²) in [6.45, 7) is 3.60. The number of aliphatic imine (C=N–C) groups is 1. The Morgan fingerprint density at radius 2 is 2.05 bits per heavy atom. The van der Waals surface area contributed by atoms with Crippen molar-refractivity contribution >= 4 is 5.96 Å². The van der Waals surface area contributed by atoms with Gasteiger partial charge in [-0.25, -0.2) is 0 Å². The Bertz CT molecular complexity index is 472. The van der Waals surface area contributed by atoms with Crippen LogP contribution in [0.4, 0.5) is 0 Å². The number of benzene rings is 1. The lowest BCUT2D eigenvalue weighted by Crippen LogP contribution is -2.41. The molecule has 0 aliphatic heterocycles. The van der Waals surface area contributed by atoms with Gasteiger partial charge >= 0.3 is 0 Å². The van der Waals surface area contributed by atoms with Gasteiger partial charge in [0, 0.05) is 25.6 Å². The van der Waals surface area contributed by atoms with Crippen molar-refractivity contribution in [2.24, 2.45) is 10.9 Å². The van der Waals surface area contributed by atoms with E-state index < -0.39 is 0 Å². The molecule has 2 N–H and O–H groups in total. The third-order valence-electron chi connectivity index (χ3n) is 3.35. The van der Waals surface area contributed by atoms with Crippen molar-refractivity contribution in [3.8, 4) is 11.5 Å². The van der Waals surface area contributed by atoms with E-state index in [9.17, 15) is 0 Å². The topological polar surface area (TPSA) is 54.9 Å². The first-order valence-electron chi connectivity index (χ1n) is 7.46. The van der Waals surface area contributed by atoms with Crippen LogP contribution >= 0.6 is 0 Å². The first-order valence-corrected chi connectivity index (χ1v) is 7.46. The average molecular weight is 291 g/mol. The van der Waals surface area contributed by atoms with Gasteiger partial charge in [0.25, 0.3) is 0 Å². The van der Waals surface area contributed by atoms with Gasteiger partial charge < -0.3 is 20.1 Å². The van der Waals surface area contributed by atoms with Gasteiger partial charge in [-0.1, -0.05) is 19.1 Å². The maximum atomic E-state index is 5.82. The van der Waals surface area contributed by atoms with Crippen molar-refractivity contribution in [2.75, 3.05) is 27.3 Å². The highest BCUT2D eigenvalue weighted by Gasteiger charge is 2.22. The van der Waals surface area contributed by atoms with Crippen molar-refractivity contribution in [2.45, 2.75) is 25.8 Å². The van der Waals surface area contributed by atoms with Gasteiger partial charge in [-0.15, -0.1) is 0 Å². The van der Waals surface area contributed by atoms with Crippen molar-refractivity contribution in [3.05, 3.63) is 24.3 Å². The number of hydrogen-bond donors (Lipinski definition) is 2. The fourth-order valence-corrected chi connectivity index (χ4v) is 1.92. The summed E-state index contributed by atoms with van der Waals surface area (Å²) in [6.07, 6.45) is 2.49. The fraction of sp³-hybridized carbons (Fsp3) is 0.562. The zero-order valence-electron chi connectivity index (χ0n) is 13.1. The predicted octanol–water partition coefficient (Wildman–Crippen LogP) is 2.04. The van der Waals surface area contributed by atoms with Gasteiger partial charge in [0.2, 0.25) is 0 Å². The lowest BCUT2D eigenvalue weighted by atomic mass is 10.2. The molecule has 1 aliphatic carbocycles. The summed E-state index contributed by atoms with van der Waals surface area (Å²) < 4.78 is 11.1. The normalized spacial score (nSPS) is 16.2. The number of methoxy groups -OCH3 is 1. The van der Waals surface area contributed by atoms with E-state index in [-0.39, 0.29) is 0 Å². The SMILES string of the molecule is CN=C(NCC(C)COc1ccccc1OC)NC1CC1. The molecule has 0 bridgehead atoms. The van der Waals surface area contributed by atoms with E-state index in [0.717, 1.165) is 24.0 Å². The molecule has 1 aromatic carbocycles. The number of hydrogen-bond acceptors (Lipinski definition) is 3. The highest BCUT2D eigenvalue weighted by atomic mass is 16.5. The lowest BCUT2D eigenvalue weighted by molar-refractivity contribution is 0.248. The van der Waals surface area contributed by atoms with Crippen LogP contribution in [0.5, 0.6) is 11.5 Å². The third kappa shape index (κ3) is 5.17. The minimum atomic E-state index is 0.368. The zero-order valence-corrected chi connectivity index (χ0v) is 13.1. The van der Waals surface area contributed by atoms with E-state index in [4.69, 9.17) is 9.47 Å². The van der Waals surface area contributed by atoms with Crippen molar-refractivity contribution in [1.82, 2.24) is 10.6 Å². The van der Waals surface area contributed by atoms with Gasteiger partial charge in [0.1, 0.15) is 0 Å². The molecular formula is C16H25N3O2. The van der Waals surface area contributed by atoms with Crippen LogP contribution in [0.25, 0.3) is 0 Å². The molecule has 21 heavy (non-hydrogen) atoms. The van der Waals surface area contributed by atoms with Crippen LogP contribution in [-0.4, -0.2) is 39.3 Å². The van der Waals surface area contributed by atoms with Crippen molar-refractivity contribution in [1.29, 1.82) is 0 Å². The molecular weight excluding hydrogens is 266 g/mol. The summed E-state index contributed by atoms with van der Waals surface area (Å²) in [7, 11) is 3.45. The fourth-order valence-electron chi connectivity index (χ4n) is 1.92. The summed E-state index contributed by atoms with van der Waals surface area (Å²) in [4.78, 5) is 4.22. The van der Waals surface area contributed by atoms with Gasteiger partial charge in [0.05, 0.1) is 13.7 Å². The zero-order chi connectivity index (χ0) is 15.1. The number of nitrogens with one attached hydrogen (secondary N) is 2. The maximum absolute atomic E-state index is 5.82. The van der Waals surface area contributed by atoms with E-state index in [1.54, 1.807) is 14.2 Å². The van der Waals surface area contributed by atoms with Crippen molar-refractivity contribution < 1.29 is 9.47 Å². The summed E-state index contributed by atoms with van der Waals surface area (Å²) in [5.41, 5.74) is 0. The monoisotopic (exact) mass is 291 g/mol. The van der Waals surface area contributed by atoms with E-state index in [1.807, 2.05) is 24.3 Å². The highest BCUT2D eigenvalue weighted by molar-refractivity contribution is 5.80. The number of rotatable bonds is 7. The molecule has 5 nitrogen and oxygen atoms in total. The Morgan fingerprint density at radius 1 is 1.33 bits per heavy atom. The Hall–Kier alpha value is -1.91. The Balaban J connectivity index is 1.72. The Labute approximate surface area is 126 Å². The molecule has 1 saturated carbocycles. The van der Waals surface area contributed by atoms with E-state index in [1.165, 1.54) is 12.8 Å². The molecule has 0 radical (unpaired) electrons. The van der Waals surface area contributed by atoms with Gasteiger partial charge in [-0.05, 0) is 25.0 Å². The van der Waals surface area contributed by atoms with Crippen LogP contribution < -0.4 is 20.1 Å². The first kappa shape index (κ1) is 15.5. The number of ether oxygens (including phenoxy) is 2. The Morgan fingerprint density at radius 3 is 2.67 bits per heavy atom. The molecule has 116 valence electrons. The summed E-state index contributed by atoms with van der Waals surface area (Å²) in [6, 6.07) is 8.31. The number of para-hydroxylation sites is 2. The third-order valence-corrected chi connectivity index (χ3v) is 3.35. The number of nitrogens with zero attached hydrogens (tertiary/aromatic N) is 1. The van der Waals surface area contributed by atoms with Gasteiger partial charge in [-0.3, -0.25) is 4.99 Å². The largest absolute Gasteiger partial charge is 0.493 e. The molecule has 0 aromatic heterocycles. The van der Waals surface area contributed by atoms with Gasteiger partial charge in [-0.2, -0.15) is 0 Å². The molecule has 0 spiro atoms. The molecule has 2 rings (SSSR count). The number of guanidine groups is 1. The second-order valence-electron chi connectivity index (χ2n) is 5.44. The van der Waals surface area contributed by atoms with Crippen LogP contribution in [0.2, 0.25) is 0 Å². The van der Waals surface area contributed by atoms with Crippen LogP contribution in [0.1, 0.15) is 19.8 Å². The quantitative estimate of drug-likeness (QED) is 0.596. The molecule has 5 heteroatoms. The maximum Gasteiger partial charge on any atom is 0.191 e. The molecule has 1 fully saturated rings. The molecule has 1 unspecified atom stereocenters. The standard InChI is InChI=1S/C16H25N3O2/c1-12(10-18-16(17-2)19-13-8-9-13)11-21-15-7-5-4-6-14(15)20-3/h4-7,12-13H,8-11H2,1-3H3,(H2,17,18,19). The molecule has 0 amide bonds. The molecule has 1 atom stereocenters. The minimum absolute atomic E-state index is 0.368. The molecule has 1 aliphatic rings. The van der Waals surface area contributed by atoms with E-state index in [2.05, 4.69) is 22.5 Å². The average Bonchev–Trinajstić information content (AvgIpc) is 3.33. The lowest BCUT2D eigenvalue weighted by Gasteiger charge is -2.17. The molecule has 0 heterocycles. The minimum Gasteiger partial charge on any atom is -0.493 e. The smallest absolute Gasteiger partial charge is 0.191 e. The van der Waals surface area contributed by atoms with E-state index >= 15 is 0 Å². The van der Waals surface area contributed by atoms with Crippen LogP contribution in [-0.2, 0) is 0 Å². The second kappa shape index (κ2) is 7.76. The second-order valence-corrected chi connectivity index (χ2v) is 5.44. The van der Waals surface area contributed by atoms with Crippen LogP contribution in [0.3, 0.4) is 0 Å². The van der Waals surface area contributed by atoms with Crippen molar-refractivity contribution in [3.63, 3.8) is 0 Å². The van der Waals surface area contributed by atoms with E-state index in [0.29, 0.717) is 18.6 Å². The highest BCUT2D eigenvalue weighted by Crippen LogP contribution is 2.26. The van der Waals surface area contributed by atoms with Gasteiger partial charge in [0.15, 0.2) is 17.5 Å². The predicted molar refractivity (Wildman–Crippen MR) is 85.2 cm³/mol. The van der Waals surface area contributed by atoms with Crippen LogP contribution in [0, 0.1) is 5.92 Å². The Kier molecular flexibility index (Phi) is 5.72. The van der Waals surface area contributed by atoms with Crippen LogP contribution in [0.15, 0.2) is 29.3 Å². The first-order chi connectivity index (χ1) is 10.2.